The summed E-state index contributed by atoms with van der Waals surface area (Å²) in [6.45, 7) is 0. The maximum atomic E-state index is 12.9. The highest BCUT2D eigenvalue weighted by molar-refractivity contribution is 7.79. The van der Waals surface area contributed by atoms with E-state index in [0.29, 0.717) is 5.56 Å². The molecule has 7 heteroatoms. The molecule has 0 bridgehead atoms. The second kappa shape index (κ2) is 4.40. The highest BCUT2D eigenvalue weighted by atomic mass is 32.1. The number of aromatic nitrogens is 3. The summed E-state index contributed by atoms with van der Waals surface area (Å²) < 4.78 is 39.7. The second-order valence-corrected chi connectivity index (χ2v) is 3.67. The third-order valence-corrected chi connectivity index (χ3v) is 2.58. The van der Waals surface area contributed by atoms with Gasteiger partial charge in [-0.15, -0.1) is 5.10 Å². The molecule has 1 heterocycles. The molecule has 0 atom stereocenters. The van der Waals surface area contributed by atoms with Crippen LogP contribution in [0.5, 0.6) is 0 Å². The standard InChI is InChI=1S/C10H8F3N3S/c11-10(12,13)8-5-7(6-17)1-2-9(8)16-4-3-14-15-16/h1-5,17H,6H2. The Kier molecular flexibility index (Phi) is 3.10. The molecule has 0 saturated carbocycles. The minimum Gasteiger partial charge on any atom is -0.220 e. The van der Waals surface area contributed by atoms with Crippen LogP contribution >= 0.6 is 12.6 Å². The minimum atomic E-state index is -4.43. The van der Waals surface area contributed by atoms with E-state index >= 15 is 0 Å². The lowest BCUT2D eigenvalue weighted by Crippen LogP contribution is -2.11. The highest BCUT2D eigenvalue weighted by Crippen LogP contribution is 2.34. The van der Waals surface area contributed by atoms with Gasteiger partial charge in [0.25, 0.3) is 0 Å². The van der Waals surface area contributed by atoms with E-state index in [1.54, 1.807) is 6.07 Å². The Morgan fingerprint density at radius 1 is 1.29 bits per heavy atom. The Hall–Kier alpha value is -1.50. The SMILES string of the molecule is FC(F)(F)c1cc(CS)ccc1-n1ccnn1. The molecule has 2 aromatic rings. The van der Waals surface area contributed by atoms with Crippen molar-refractivity contribution in [2.75, 3.05) is 0 Å². The van der Waals surface area contributed by atoms with E-state index in [1.807, 2.05) is 0 Å². The molecule has 0 aliphatic carbocycles. The molecule has 90 valence electrons. The molecule has 17 heavy (non-hydrogen) atoms. The number of rotatable bonds is 2. The molecule has 0 fully saturated rings. The van der Waals surface area contributed by atoms with E-state index < -0.39 is 11.7 Å². The zero-order valence-electron chi connectivity index (χ0n) is 8.52. The first-order valence-corrected chi connectivity index (χ1v) is 5.33. The van der Waals surface area contributed by atoms with Gasteiger partial charge >= 0.3 is 6.18 Å². The van der Waals surface area contributed by atoms with Crippen LogP contribution in [0.15, 0.2) is 30.6 Å². The Bertz CT molecular complexity index is 508. The zero-order valence-corrected chi connectivity index (χ0v) is 9.41. The van der Waals surface area contributed by atoms with Crippen LogP contribution in [0.2, 0.25) is 0 Å². The van der Waals surface area contributed by atoms with Gasteiger partial charge in [0, 0.05) is 5.75 Å². The lowest BCUT2D eigenvalue weighted by atomic mass is 10.1. The monoisotopic (exact) mass is 259 g/mol. The smallest absolute Gasteiger partial charge is 0.220 e. The molecule has 0 spiro atoms. The number of halogens is 3. The number of hydrogen-bond acceptors (Lipinski definition) is 3. The van der Waals surface area contributed by atoms with Crippen molar-refractivity contribution in [3.63, 3.8) is 0 Å². The fourth-order valence-electron chi connectivity index (χ4n) is 1.45. The van der Waals surface area contributed by atoms with Crippen LogP contribution in [0.4, 0.5) is 13.2 Å². The van der Waals surface area contributed by atoms with Gasteiger partial charge < -0.3 is 0 Å². The van der Waals surface area contributed by atoms with E-state index in [2.05, 4.69) is 22.9 Å². The van der Waals surface area contributed by atoms with Gasteiger partial charge in [0.1, 0.15) is 0 Å². The van der Waals surface area contributed by atoms with E-state index in [0.717, 1.165) is 10.7 Å². The Morgan fingerprint density at radius 3 is 2.59 bits per heavy atom. The molecule has 0 unspecified atom stereocenters. The van der Waals surface area contributed by atoms with Crippen LogP contribution in [0.25, 0.3) is 5.69 Å². The number of hydrogen-bond donors (Lipinski definition) is 1. The third-order valence-electron chi connectivity index (χ3n) is 2.22. The summed E-state index contributed by atoms with van der Waals surface area (Å²) in [4.78, 5) is 0. The highest BCUT2D eigenvalue weighted by Gasteiger charge is 2.34. The van der Waals surface area contributed by atoms with Gasteiger partial charge in [-0.1, -0.05) is 11.3 Å². The van der Waals surface area contributed by atoms with Crippen molar-refractivity contribution in [2.24, 2.45) is 0 Å². The fraction of sp³-hybridized carbons (Fsp3) is 0.200. The summed E-state index contributed by atoms with van der Waals surface area (Å²) in [6.07, 6.45) is -1.74. The molecule has 0 radical (unpaired) electrons. The predicted octanol–water partition coefficient (Wildman–Crippen LogP) is 2.72. The van der Waals surface area contributed by atoms with Crippen LogP contribution in [0, 0.1) is 0 Å². The predicted molar refractivity (Wildman–Crippen MR) is 59.1 cm³/mol. The molecule has 0 N–H and O–H groups in total. The molecule has 3 nitrogen and oxygen atoms in total. The van der Waals surface area contributed by atoms with E-state index in [4.69, 9.17) is 0 Å². The van der Waals surface area contributed by atoms with Crippen LogP contribution in [0.3, 0.4) is 0 Å². The summed E-state index contributed by atoms with van der Waals surface area (Å²) in [6, 6.07) is 4.02. The average Bonchev–Trinajstić information content (AvgIpc) is 2.80. The van der Waals surface area contributed by atoms with Crippen molar-refractivity contribution in [3.05, 3.63) is 41.7 Å². The largest absolute Gasteiger partial charge is 0.418 e. The van der Waals surface area contributed by atoms with Gasteiger partial charge in [0.05, 0.1) is 23.6 Å². The number of alkyl halides is 3. The number of nitrogens with zero attached hydrogens (tertiary/aromatic N) is 3. The van der Waals surface area contributed by atoms with Crippen LogP contribution in [-0.4, -0.2) is 15.0 Å². The summed E-state index contributed by atoms with van der Waals surface area (Å²) >= 11 is 3.96. The Balaban J connectivity index is 2.59. The van der Waals surface area contributed by atoms with Crippen molar-refractivity contribution >= 4 is 12.6 Å². The molecule has 0 amide bonds. The molecular weight excluding hydrogens is 251 g/mol. The van der Waals surface area contributed by atoms with Crippen LogP contribution in [0.1, 0.15) is 11.1 Å². The molecular formula is C10H8F3N3S. The second-order valence-electron chi connectivity index (χ2n) is 3.35. The lowest BCUT2D eigenvalue weighted by molar-refractivity contribution is -0.137. The normalized spacial score (nSPS) is 11.8. The van der Waals surface area contributed by atoms with E-state index in [1.165, 1.54) is 18.5 Å². The average molecular weight is 259 g/mol. The van der Waals surface area contributed by atoms with Crippen molar-refractivity contribution in [1.29, 1.82) is 0 Å². The number of benzene rings is 1. The van der Waals surface area contributed by atoms with E-state index in [9.17, 15) is 13.2 Å². The van der Waals surface area contributed by atoms with Crippen LogP contribution in [-0.2, 0) is 11.9 Å². The van der Waals surface area contributed by atoms with Gasteiger partial charge in [-0.2, -0.15) is 25.8 Å². The molecule has 1 aromatic carbocycles. The van der Waals surface area contributed by atoms with Crippen molar-refractivity contribution < 1.29 is 13.2 Å². The first kappa shape index (κ1) is 12.0. The maximum absolute atomic E-state index is 12.9. The molecule has 1 aromatic heterocycles. The quantitative estimate of drug-likeness (QED) is 0.841. The summed E-state index contributed by atoms with van der Waals surface area (Å²) in [5, 5.41) is 7.06. The molecule has 2 rings (SSSR count). The van der Waals surface area contributed by atoms with Gasteiger partial charge in [-0.3, -0.25) is 0 Å². The minimum absolute atomic E-state index is 0.0412. The molecule has 0 aliphatic rings. The van der Waals surface area contributed by atoms with Gasteiger partial charge in [0.15, 0.2) is 0 Å². The Labute approximate surface area is 101 Å². The Morgan fingerprint density at radius 2 is 2.06 bits per heavy atom. The first-order valence-electron chi connectivity index (χ1n) is 4.70. The zero-order chi connectivity index (χ0) is 12.5. The van der Waals surface area contributed by atoms with Gasteiger partial charge in [-0.25, -0.2) is 4.68 Å². The van der Waals surface area contributed by atoms with Crippen LogP contribution < -0.4 is 0 Å². The summed E-state index contributed by atoms with van der Waals surface area (Å²) in [5.41, 5.74) is -0.278. The topological polar surface area (TPSA) is 30.7 Å². The maximum Gasteiger partial charge on any atom is 0.418 e. The van der Waals surface area contributed by atoms with Crippen molar-refractivity contribution in [3.8, 4) is 5.69 Å². The summed E-state index contributed by atoms with van der Waals surface area (Å²) in [7, 11) is 0. The van der Waals surface area contributed by atoms with Crippen molar-refractivity contribution in [2.45, 2.75) is 11.9 Å². The molecule has 0 saturated heterocycles. The van der Waals surface area contributed by atoms with E-state index in [-0.39, 0.29) is 11.4 Å². The third kappa shape index (κ3) is 2.44. The number of thiol groups is 1. The first-order chi connectivity index (χ1) is 8.02. The van der Waals surface area contributed by atoms with Gasteiger partial charge in [-0.05, 0) is 17.7 Å². The molecule has 0 aliphatic heterocycles. The summed E-state index contributed by atoms with van der Waals surface area (Å²) in [5.74, 6) is 0.251. The van der Waals surface area contributed by atoms with Crippen molar-refractivity contribution in [1.82, 2.24) is 15.0 Å². The van der Waals surface area contributed by atoms with Gasteiger partial charge in [0.2, 0.25) is 0 Å². The fourth-order valence-corrected chi connectivity index (χ4v) is 1.64. The lowest BCUT2D eigenvalue weighted by Gasteiger charge is -2.13.